The number of hydrogen-bond acceptors (Lipinski definition) is 5. The third kappa shape index (κ3) is 6.31. The SMILES string of the molecule is CCOc1ccc(S(=O)(=O)N2CCC(C(=O)NC[C@H](c3cccc(F)c3)N(C)C)CC2)cc1. The quantitative estimate of drug-likeness (QED) is 0.601. The highest BCUT2D eigenvalue weighted by Crippen LogP contribution is 2.26. The van der Waals surface area contributed by atoms with E-state index in [1.165, 1.54) is 16.4 Å². The zero-order valence-corrected chi connectivity index (χ0v) is 20.1. The Morgan fingerprint density at radius 3 is 2.42 bits per heavy atom. The maximum Gasteiger partial charge on any atom is 0.243 e. The summed E-state index contributed by atoms with van der Waals surface area (Å²) < 4.78 is 46.3. The molecule has 3 rings (SSSR count). The van der Waals surface area contributed by atoms with E-state index in [1.54, 1.807) is 30.3 Å². The average Bonchev–Trinajstić information content (AvgIpc) is 2.79. The predicted molar refractivity (Wildman–Crippen MR) is 125 cm³/mol. The van der Waals surface area contributed by atoms with Crippen molar-refractivity contribution in [3.63, 3.8) is 0 Å². The molecule has 1 heterocycles. The number of nitrogens with zero attached hydrogens (tertiary/aromatic N) is 2. The van der Waals surface area contributed by atoms with E-state index in [9.17, 15) is 17.6 Å². The molecule has 7 nitrogen and oxygen atoms in total. The molecular weight excluding hydrogens is 445 g/mol. The van der Waals surface area contributed by atoms with Gasteiger partial charge in [0.1, 0.15) is 11.6 Å². The molecule has 0 bridgehead atoms. The van der Waals surface area contributed by atoms with E-state index in [0.717, 1.165) is 5.56 Å². The number of carbonyl (C=O) groups excluding carboxylic acids is 1. The van der Waals surface area contributed by atoms with Crippen molar-refractivity contribution in [2.24, 2.45) is 5.92 Å². The number of carbonyl (C=O) groups is 1. The van der Waals surface area contributed by atoms with Crippen molar-refractivity contribution in [1.29, 1.82) is 0 Å². The predicted octanol–water partition coefficient (Wildman–Crippen LogP) is 3.04. The number of likely N-dealkylation sites (N-methyl/N-ethyl adjacent to an activating group) is 1. The van der Waals surface area contributed by atoms with Gasteiger partial charge in [0, 0.05) is 25.6 Å². The van der Waals surface area contributed by atoms with Gasteiger partial charge in [-0.25, -0.2) is 12.8 Å². The fourth-order valence-electron chi connectivity index (χ4n) is 4.04. The summed E-state index contributed by atoms with van der Waals surface area (Å²) in [5.74, 6) is -0.0450. The first-order valence-electron chi connectivity index (χ1n) is 11.1. The number of sulfonamides is 1. The summed E-state index contributed by atoms with van der Waals surface area (Å²) in [5.41, 5.74) is 0.788. The molecule has 180 valence electrons. The highest BCUT2D eigenvalue weighted by Gasteiger charge is 2.32. The third-order valence-corrected chi connectivity index (χ3v) is 7.84. The van der Waals surface area contributed by atoms with E-state index in [0.29, 0.717) is 31.7 Å². The van der Waals surface area contributed by atoms with E-state index < -0.39 is 10.0 Å². The number of benzene rings is 2. The lowest BCUT2D eigenvalue weighted by molar-refractivity contribution is -0.126. The van der Waals surface area contributed by atoms with Gasteiger partial charge in [-0.3, -0.25) is 4.79 Å². The number of ether oxygens (including phenoxy) is 1. The van der Waals surface area contributed by atoms with Gasteiger partial charge in [0.2, 0.25) is 15.9 Å². The van der Waals surface area contributed by atoms with Crippen LogP contribution in [0, 0.1) is 11.7 Å². The molecule has 2 aromatic rings. The van der Waals surface area contributed by atoms with Crippen molar-refractivity contribution in [3.8, 4) is 5.75 Å². The van der Waals surface area contributed by atoms with Crippen LogP contribution in [0.5, 0.6) is 5.75 Å². The third-order valence-electron chi connectivity index (χ3n) is 5.92. The van der Waals surface area contributed by atoms with Crippen LogP contribution in [0.3, 0.4) is 0 Å². The fraction of sp³-hybridized carbons (Fsp3) is 0.458. The molecule has 0 aromatic heterocycles. The minimum absolute atomic E-state index is 0.101. The minimum atomic E-state index is -3.62. The topological polar surface area (TPSA) is 79.0 Å². The molecule has 0 radical (unpaired) electrons. The van der Waals surface area contributed by atoms with Crippen LogP contribution in [-0.4, -0.2) is 63.9 Å². The summed E-state index contributed by atoms with van der Waals surface area (Å²) in [5, 5.41) is 2.97. The lowest BCUT2D eigenvalue weighted by Crippen LogP contribution is -2.44. The molecule has 0 saturated carbocycles. The molecule has 0 spiro atoms. The molecule has 1 atom stereocenters. The smallest absolute Gasteiger partial charge is 0.243 e. The lowest BCUT2D eigenvalue weighted by Gasteiger charge is -2.31. The first-order valence-corrected chi connectivity index (χ1v) is 12.6. The Balaban J connectivity index is 1.55. The molecule has 1 amide bonds. The van der Waals surface area contributed by atoms with Gasteiger partial charge in [-0.1, -0.05) is 12.1 Å². The molecular formula is C24H32FN3O4S. The van der Waals surface area contributed by atoms with Crippen LogP contribution in [0.2, 0.25) is 0 Å². The molecule has 1 N–H and O–H groups in total. The van der Waals surface area contributed by atoms with Crippen molar-refractivity contribution in [2.45, 2.75) is 30.7 Å². The second-order valence-electron chi connectivity index (χ2n) is 8.36. The standard InChI is InChI=1S/C24H32FN3O4S/c1-4-32-21-8-10-22(11-9-21)33(30,31)28-14-12-18(13-15-28)24(29)26-17-23(27(2)3)19-6-5-7-20(25)16-19/h5-11,16,18,23H,4,12-15,17H2,1-3H3,(H,26,29)/t23-/m1/s1. The second kappa shape index (κ2) is 11.1. The summed E-state index contributed by atoms with van der Waals surface area (Å²) in [6, 6.07) is 12.6. The van der Waals surface area contributed by atoms with E-state index in [1.807, 2.05) is 32.0 Å². The van der Waals surface area contributed by atoms with Crippen molar-refractivity contribution in [2.75, 3.05) is 40.3 Å². The Hall–Kier alpha value is -2.49. The van der Waals surface area contributed by atoms with Crippen LogP contribution in [0.4, 0.5) is 4.39 Å². The molecule has 0 unspecified atom stereocenters. The Morgan fingerprint density at radius 2 is 1.85 bits per heavy atom. The maximum atomic E-state index is 13.6. The van der Waals surface area contributed by atoms with Gasteiger partial charge in [0.25, 0.3) is 0 Å². The zero-order chi connectivity index (χ0) is 24.0. The first-order chi connectivity index (χ1) is 15.7. The van der Waals surface area contributed by atoms with Crippen molar-refractivity contribution in [3.05, 3.63) is 59.9 Å². The first kappa shape index (κ1) is 25.1. The number of rotatable bonds is 9. The number of nitrogens with one attached hydrogen (secondary N) is 1. The molecule has 33 heavy (non-hydrogen) atoms. The number of halogens is 1. The molecule has 9 heteroatoms. The van der Waals surface area contributed by atoms with Crippen LogP contribution < -0.4 is 10.1 Å². The molecule has 1 aliphatic heterocycles. The molecule has 2 aromatic carbocycles. The fourth-order valence-corrected chi connectivity index (χ4v) is 5.51. The van der Waals surface area contributed by atoms with Crippen LogP contribution in [0.15, 0.2) is 53.4 Å². The maximum absolute atomic E-state index is 13.6. The van der Waals surface area contributed by atoms with Gasteiger partial charge in [-0.05, 0) is 75.8 Å². The normalized spacial score (nSPS) is 16.5. The Labute approximate surface area is 195 Å². The summed E-state index contributed by atoms with van der Waals surface area (Å²) in [6.45, 7) is 3.30. The van der Waals surface area contributed by atoms with Gasteiger partial charge in [0.15, 0.2) is 0 Å². The van der Waals surface area contributed by atoms with Gasteiger partial charge < -0.3 is 15.0 Å². The highest BCUT2D eigenvalue weighted by molar-refractivity contribution is 7.89. The van der Waals surface area contributed by atoms with E-state index in [-0.39, 0.29) is 41.7 Å². The number of hydrogen-bond donors (Lipinski definition) is 1. The molecule has 1 aliphatic rings. The summed E-state index contributed by atoms with van der Waals surface area (Å²) >= 11 is 0. The number of amides is 1. The largest absolute Gasteiger partial charge is 0.494 e. The monoisotopic (exact) mass is 477 g/mol. The second-order valence-corrected chi connectivity index (χ2v) is 10.3. The van der Waals surface area contributed by atoms with Crippen LogP contribution in [-0.2, 0) is 14.8 Å². The minimum Gasteiger partial charge on any atom is -0.494 e. The summed E-state index contributed by atoms with van der Waals surface area (Å²) in [4.78, 5) is 14.9. The van der Waals surface area contributed by atoms with Gasteiger partial charge >= 0.3 is 0 Å². The molecule has 1 fully saturated rings. The van der Waals surface area contributed by atoms with Gasteiger partial charge in [0.05, 0.1) is 17.5 Å². The molecule has 0 aliphatic carbocycles. The Kier molecular flexibility index (Phi) is 8.45. The van der Waals surface area contributed by atoms with Crippen molar-refractivity contribution in [1.82, 2.24) is 14.5 Å². The lowest BCUT2D eigenvalue weighted by atomic mass is 9.97. The van der Waals surface area contributed by atoms with Crippen molar-refractivity contribution < 1.29 is 22.3 Å². The van der Waals surface area contributed by atoms with E-state index in [4.69, 9.17) is 4.74 Å². The Bertz CT molecular complexity index is 1040. The van der Waals surface area contributed by atoms with Crippen LogP contribution in [0.25, 0.3) is 0 Å². The average molecular weight is 478 g/mol. The Morgan fingerprint density at radius 1 is 1.18 bits per heavy atom. The van der Waals surface area contributed by atoms with E-state index >= 15 is 0 Å². The highest BCUT2D eigenvalue weighted by atomic mass is 32.2. The van der Waals surface area contributed by atoms with Crippen LogP contribution in [0.1, 0.15) is 31.4 Å². The van der Waals surface area contributed by atoms with Crippen molar-refractivity contribution >= 4 is 15.9 Å². The van der Waals surface area contributed by atoms with Gasteiger partial charge in [-0.15, -0.1) is 0 Å². The zero-order valence-electron chi connectivity index (χ0n) is 19.3. The summed E-state index contributed by atoms with van der Waals surface area (Å²) in [7, 11) is 0.146. The van der Waals surface area contributed by atoms with Crippen LogP contribution >= 0.6 is 0 Å². The number of piperidine rings is 1. The van der Waals surface area contributed by atoms with Gasteiger partial charge in [-0.2, -0.15) is 4.31 Å². The summed E-state index contributed by atoms with van der Waals surface area (Å²) in [6.07, 6.45) is 0.906. The van der Waals surface area contributed by atoms with E-state index in [2.05, 4.69) is 5.32 Å². The molecule has 1 saturated heterocycles.